The third kappa shape index (κ3) is 6.69. The van der Waals surface area contributed by atoms with E-state index in [-0.39, 0.29) is 65.4 Å². The lowest BCUT2D eigenvalue weighted by Gasteiger charge is -2.29. The molecule has 0 aliphatic heterocycles. The maximum absolute atomic E-state index is 10.3. The van der Waals surface area contributed by atoms with Gasteiger partial charge in [-0.3, -0.25) is 0 Å². The summed E-state index contributed by atoms with van der Waals surface area (Å²) in [4.78, 5) is 3.10. The highest BCUT2D eigenvalue weighted by atomic mass is 32.1. The zero-order valence-electron chi connectivity index (χ0n) is 51.5. The number of fused-ring (bicyclic) bond motifs is 6. The summed E-state index contributed by atoms with van der Waals surface area (Å²) in [5.74, 6) is 0. The Bertz CT molecular complexity index is 4640. The minimum Gasteiger partial charge on any atom is -0.310 e. The number of para-hydroxylation sites is 4. The van der Waals surface area contributed by atoms with Gasteiger partial charge in [0.25, 0.3) is 0 Å². The molecule has 0 radical (unpaired) electrons. The molecule has 10 aromatic carbocycles. The van der Waals surface area contributed by atoms with Crippen LogP contribution < -0.4 is 9.80 Å². The fourth-order valence-corrected chi connectivity index (χ4v) is 8.97. The van der Waals surface area contributed by atoms with Gasteiger partial charge < -0.3 is 14.4 Å². The standard InChI is InChI=1S/C60H41N3S/c1-5-16-42(17-6-1)43-28-32-49(33-29-43)62(51-25-15-24-50(40-51)61(46-18-7-2-8-19-46)47-20-9-3-10-21-47)52-34-37-60-56(41-52)55-38-44(31-36-59(55)64-60)45-30-35-54-53-26-13-14-27-57(53)63(58(54)39-45)48-22-11-4-12-23-48/h1-41H/i2D,7D,8D,13D,14D,18D,19D,26D,27D,30D,31D,34D,35D,36D,37D,38D,39D,41D. The molecule has 0 atom stereocenters. The molecular weight excluding hydrogens is 795 g/mol. The topological polar surface area (TPSA) is 11.4 Å². The maximum atomic E-state index is 10.3. The van der Waals surface area contributed by atoms with E-state index in [1.807, 2.05) is 42.5 Å². The predicted molar refractivity (Wildman–Crippen MR) is 274 cm³/mol. The Morgan fingerprint density at radius 1 is 0.344 bits per heavy atom. The van der Waals surface area contributed by atoms with E-state index in [0.717, 1.165) is 22.5 Å². The molecule has 4 heteroatoms. The normalized spacial score (nSPS) is 15.4. The van der Waals surface area contributed by atoms with Crippen molar-refractivity contribution in [1.82, 2.24) is 4.57 Å². The second kappa shape index (κ2) is 15.9. The Hall–Kier alpha value is -8.18. The van der Waals surface area contributed by atoms with Crippen molar-refractivity contribution >= 4 is 87.4 Å². The molecule has 0 saturated carbocycles. The Balaban J connectivity index is 1.15. The molecule has 0 spiro atoms. The lowest BCUT2D eigenvalue weighted by atomic mass is 10.0. The van der Waals surface area contributed by atoms with Gasteiger partial charge in [0.2, 0.25) is 0 Å². The molecule has 302 valence electrons. The zero-order chi connectivity index (χ0) is 58.1. The number of hydrogen-bond acceptors (Lipinski definition) is 3. The molecule has 3 nitrogen and oxygen atoms in total. The summed E-state index contributed by atoms with van der Waals surface area (Å²) in [7, 11) is 0. The van der Waals surface area contributed by atoms with Crippen LogP contribution in [0.1, 0.15) is 24.7 Å². The summed E-state index contributed by atoms with van der Waals surface area (Å²) in [5.41, 5.74) is 2.25. The van der Waals surface area contributed by atoms with E-state index >= 15 is 0 Å². The van der Waals surface area contributed by atoms with Gasteiger partial charge in [-0.25, -0.2) is 0 Å². The van der Waals surface area contributed by atoms with Gasteiger partial charge in [0.1, 0.15) is 0 Å². The summed E-state index contributed by atoms with van der Waals surface area (Å²) in [6.45, 7) is 0. The molecule has 0 unspecified atom stereocenters. The van der Waals surface area contributed by atoms with Gasteiger partial charge in [0.05, 0.1) is 35.7 Å². The van der Waals surface area contributed by atoms with E-state index < -0.39 is 108 Å². The van der Waals surface area contributed by atoms with E-state index in [2.05, 4.69) is 0 Å². The van der Waals surface area contributed by atoms with Gasteiger partial charge in [0, 0.05) is 70.8 Å². The minimum absolute atomic E-state index is 0.0115. The van der Waals surface area contributed by atoms with Crippen LogP contribution in [0.5, 0.6) is 0 Å². The Labute approximate surface area is 401 Å². The van der Waals surface area contributed by atoms with Gasteiger partial charge in [-0.05, 0) is 131 Å². The largest absolute Gasteiger partial charge is 0.310 e. The van der Waals surface area contributed by atoms with E-state index in [4.69, 9.17) is 12.3 Å². The molecule has 12 rings (SSSR count). The van der Waals surface area contributed by atoms with Crippen LogP contribution in [0.3, 0.4) is 0 Å². The van der Waals surface area contributed by atoms with Crippen molar-refractivity contribution in [2.24, 2.45) is 0 Å². The fraction of sp³-hybridized carbons (Fsp3) is 0. The molecular formula is C60H41N3S. The van der Waals surface area contributed by atoms with Crippen LogP contribution in [0.25, 0.3) is 69.9 Å². The molecule has 0 bridgehead atoms. The van der Waals surface area contributed by atoms with Crippen molar-refractivity contribution < 1.29 is 24.7 Å². The first-order valence-electron chi connectivity index (χ1n) is 29.3. The highest BCUT2D eigenvalue weighted by Crippen LogP contribution is 2.44. The van der Waals surface area contributed by atoms with Crippen molar-refractivity contribution in [3.63, 3.8) is 0 Å². The number of benzene rings is 10. The second-order valence-electron chi connectivity index (χ2n) is 14.8. The van der Waals surface area contributed by atoms with Crippen molar-refractivity contribution in [3.05, 3.63) is 248 Å². The summed E-state index contributed by atoms with van der Waals surface area (Å²) in [6, 6.07) is 31.4. The van der Waals surface area contributed by atoms with E-state index in [0.29, 0.717) is 28.4 Å². The Kier molecular flexibility index (Phi) is 5.81. The van der Waals surface area contributed by atoms with E-state index in [9.17, 15) is 12.3 Å². The average molecular weight is 854 g/mol. The molecule has 0 aliphatic rings. The van der Waals surface area contributed by atoms with Gasteiger partial charge in [0.15, 0.2) is 0 Å². The summed E-state index contributed by atoms with van der Waals surface area (Å²) in [5, 5.41) is -0.366. The van der Waals surface area contributed by atoms with E-state index in [1.54, 1.807) is 102 Å². The molecule has 2 heterocycles. The van der Waals surface area contributed by atoms with Crippen LogP contribution in [0, 0.1) is 0 Å². The number of aromatic nitrogens is 1. The van der Waals surface area contributed by atoms with Gasteiger partial charge in [-0.15, -0.1) is 11.3 Å². The average Bonchev–Trinajstić information content (AvgIpc) is 2.05. The molecule has 64 heavy (non-hydrogen) atoms. The molecule has 0 N–H and O–H groups in total. The van der Waals surface area contributed by atoms with Crippen LogP contribution >= 0.6 is 11.3 Å². The first-order chi connectivity index (χ1) is 39.3. The zero-order valence-corrected chi connectivity index (χ0v) is 34.3. The summed E-state index contributed by atoms with van der Waals surface area (Å²) >= 11 is 0.845. The second-order valence-corrected chi connectivity index (χ2v) is 15.8. The third-order valence-electron chi connectivity index (χ3n) is 10.9. The van der Waals surface area contributed by atoms with Crippen molar-refractivity contribution in [2.45, 2.75) is 0 Å². The smallest absolute Gasteiger partial charge is 0.0652 e. The minimum atomic E-state index is -0.656. The van der Waals surface area contributed by atoms with Gasteiger partial charge in [-0.2, -0.15) is 0 Å². The van der Waals surface area contributed by atoms with Crippen molar-refractivity contribution in [2.75, 3.05) is 9.80 Å². The molecule has 0 saturated heterocycles. The first kappa shape index (κ1) is 23.3. The van der Waals surface area contributed by atoms with E-state index in [1.165, 1.54) is 9.47 Å². The van der Waals surface area contributed by atoms with Gasteiger partial charge >= 0.3 is 0 Å². The van der Waals surface area contributed by atoms with Crippen LogP contribution in [0.4, 0.5) is 34.1 Å². The number of anilines is 6. The van der Waals surface area contributed by atoms with Crippen molar-refractivity contribution in [3.8, 4) is 27.9 Å². The first-order valence-corrected chi connectivity index (χ1v) is 21.1. The molecule has 0 amide bonds. The Morgan fingerprint density at radius 2 is 0.906 bits per heavy atom. The number of rotatable bonds is 9. The summed E-state index contributed by atoms with van der Waals surface area (Å²) in [6.07, 6.45) is 0. The lowest BCUT2D eigenvalue weighted by molar-refractivity contribution is 1.18. The van der Waals surface area contributed by atoms with Crippen LogP contribution in [-0.2, 0) is 0 Å². The fourth-order valence-electron chi connectivity index (χ4n) is 8.05. The highest BCUT2D eigenvalue weighted by molar-refractivity contribution is 7.25. The molecule has 0 aliphatic carbocycles. The maximum Gasteiger partial charge on any atom is 0.0652 e. The van der Waals surface area contributed by atoms with Crippen LogP contribution in [0.15, 0.2) is 248 Å². The molecule has 2 aromatic heterocycles. The third-order valence-corrected chi connectivity index (χ3v) is 12.0. The Morgan fingerprint density at radius 3 is 1.67 bits per heavy atom. The number of nitrogens with zero attached hydrogens (tertiary/aromatic N) is 3. The predicted octanol–water partition coefficient (Wildman–Crippen LogP) is 17.4. The van der Waals surface area contributed by atoms with Crippen LogP contribution in [0.2, 0.25) is 0 Å². The monoisotopic (exact) mass is 853 g/mol. The summed E-state index contributed by atoms with van der Waals surface area (Å²) < 4.78 is 168. The highest BCUT2D eigenvalue weighted by Gasteiger charge is 2.20. The van der Waals surface area contributed by atoms with Crippen molar-refractivity contribution in [1.29, 1.82) is 0 Å². The molecule has 12 aromatic rings. The number of thiophene rings is 1. The quantitative estimate of drug-likeness (QED) is 0.143. The SMILES string of the molecule is [2H]c1c([2H])c([2H])c(N(c2ccccc2)c2cccc(N(c3ccc(-c4ccccc4)cc3)c3c([2H])c([2H])c4sc5c([2H])c([2H])c(-c6c([2H])c([2H])c7c8c([2H])c([2H])c([2H])c([2H])c8n(-c8ccccc8)c7c6[2H])c([2H])c5c4c3[2H])c2)c([2H])c1[2H]. The lowest BCUT2D eigenvalue weighted by Crippen LogP contribution is -2.13. The molecule has 0 fully saturated rings. The van der Waals surface area contributed by atoms with Crippen LogP contribution in [-0.4, -0.2) is 4.57 Å². The van der Waals surface area contributed by atoms with Gasteiger partial charge in [-0.1, -0.05) is 139 Å². The number of hydrogen-bond donors (Lipinski definition) is 0.